The monoisotopic (exact) mass is 257 g/mol. The number of rotatable bonds is 3. The zero-order chi connectivity index (χ0) is 12.5. The second kappa shape index (κ2) is 4.78. The van der Waals surface area contributed by atoms with Crippen LogP contribution in [0.15, 0.2) is 12.4 Å². The molecule has 2 rings (SSSR count). The highest BCUT2D eigenvalue weighted by molar-refractivity contribution is 7.91. The molecule has 1 saturated heterocycles. The Bertz CT molecular complexity index is 481. The number of aromatic nitrogens is 2. The molecule has 2 atom stereocenters. The zero-order valence-corrected chi connectivity index (χ0v) is 10.9. The van der Waals surface area contributed by atoms with Crippen molar-refractivity contribution in [3.05, 3.63) is 18.0 Å². The third kappa shape index (κ3) is 2.87. The van der Waals surface area contributed by atoms with Crippen LogP contribution in [0.3, 0.4) is 0 Å². The van der Waals surface area contributed by atoms with E-state index in [4.69, 9.17) is 5.73 Å². The third-order valence-corrected chi connectivity index (χ3v) is 5.16. The topological polar surface area (TPSA) is 78.0 Å². The standard InChI is InChI=1S/C11H19N3O2S/c1-9(5-12)10-6-13-14(7-10)11-3-2-4-17(15,16)8-11/h6-7,9,11H,2-5,8,12H2,1H3. The number of hydrogen-bond acceptors (Lipinski definition) is 4. The number of nitrogens with zero attached hydrogens (tertiary/aromatic N) is 2. The molecule has 2 N–H and O–H groups in total. The lowest BCUT2D eigenvalue weighted by Crippen LogP contribution is -2.27. The summed E-state index contributed by atoms with van der Waals surface area (Å²) in [5, 5.41) is 4.27. The minimum absolute atomic E-state index is 0.00697. The molecule has 96 valence electrons. The van der Waals surface area contributed by atoms with Gasteiger partial charge in [0.25, 0.3) is 0 Å². The summed E-state index contributed by atoms with van der Waals surface area (Å²) in [7, 11) is -2.88. The Morgan fingerprint density at radius 1 is 1.65 bits per heavy atom. The van der Waals surface area contributed by atoms with Gasteiger partial charge < -0.3 is 5.73 Å². The van der Waals surface area contributed by atoms with Crippen molar-refractivity contribution in [3.63, 3.8) is 0 Å². The van der Waals surface area contributed by atoms with Crippen LogP contribution in [-0.2, 0) is 9.84 Å². The van der Waals surface area contributed by atoms with Gasteiger partial charge in [-0.1, -0.05) is 6.92 Å². The molecular formula is C11H19N3O2S. The molecule has 2 heterocycles. The van der Waals surface area contributed by atoms with Gasteiger partial charge in [0.15, 0.2) is 9.84 Å². The summed E-state index contributed by atoms with van der Waals surface area (Å²) >= 11 is 0. The lowest BCUT2D eigenvalue weighted by atomic mass is 10.1. The minimum Gasteiger partial charge on any atom is -0.330 e. The molecular weight excluding hydrogens is 238 g/mol. The van der Waals surface area contributed by atoms with Gasteiger partial charge in [-0.2, -0.15) is 5.10 Å². The highest BCUT2D eigenvalue weighted by atomic mass is 32.2. The first-order valence-corrected chi connectivity index (χ1v) is 7.78. The third-order valence-electron chi connectivity index (χ3n) is 3.36. The van der Waals surface area contributed by atoms with Crippen molar-refractivity contribution in [2.75, 3.05) is 18.1 Å². The molecule has 0 aromatic carbocycles. The molecule has 5 nitrogen and oxygen atoms in total. The van der Waals surface area contributed by atoms with Gasteiger partial charge in [-0.05, 0) is 30.9 Å². The Morgan fingerprint density at radius 3 is 3.06 bits per heavy atom. The van der Waals surface area contributed by atoms with E-state index in [1.807, 2.05) is 13.1 Å². The van der Waals surface area contributed by atoms with Gasteiger partial charge in [0.1, 0.15) is 0 Å². The Kier molecular flexibility index (Phi) is 3.53. The normalized spacial score (nSPS) is 25.6. The molecule has 2 unspecified atom stereocenters. The summed E-state index contributed by atoms with van der Waals surface area (Å²) in [6, 6.07) is -0.00697. The molecule has 0 bridgehead atoms. The molecule has 1 aromatic heterocycles. The molecule has 0 aliphatic carbocycles. The Labute approximate surface area is 102 Å². The lowest BCUT2D eigenvalue weighted by molar-refractivity contribution is 0.434. The van der Waals surface area contributed by atoms with E-state index >= 15 is 0 Å². The summed E-state index contributed by atoms with van der Waals surface area (Å²) < 4.78 is 24.9. The van der Waals surface area contributed by atoms with E-state index in [9.17, 15) is 8.42 Å². The fourth-order valence-corrected chi connectivity index (χ4v) is 3.83. The molecule has 1 aliphatic heterocycles. The smallest absolute Gasteiger partial charge is 0.152 e. The van der Waals surface area contributed by atoms with Crippen molar-refractivity contribution in [2.24, 2.45) is 5.73 Å². The van der Waals surface area contributed by atoms with Gasteiger partial charge in [0, 0.05) is 6.20 Å². The van der Waals surface area contributed by atoms with Crippen LogP contribution in [0.1, 0.15) is 37.3 Å². The minimum atomic E-state index is -2.88. The molecule has 0 saturated carbocycles. The first-order valence-electron chi connectivity index (χ1n) is 5.96. The molecule has 0 amide bonds. The lowest BCUT2D eigenvalue weighted by Gasteiger charge is -2.22. The maximum Gasteiger partial charge on any atom is 0.152 e. The molecule has 0 spiro atoms. The van der Waals surface area contributed by atoms with Crippen LogP contribution in [0.5, 0.6) is 0 Å². The Balaban J connectivity index is 2.15. The molecule has 0 radical (unpaired) electrons. The average molecular weight is 257 g/mol. The highest BCUT2D eigenvalue weighted by Gasteiger charge is 2.26. The van der Waals surface area contributed by atoms with Gasteiger partial charge >= 0.3 is 0 Å². The van der Waals surface area contributed by atoms with Crippen molar-refractivity contribution in [3.8, 4) is 0 Å². The number of nitrogens with two attached hydrogens (primary N) is 1. The molecule has 1 fully saturated rings. The number of sulfone groups is 1. The van der Waals surface area contributed by atoms with Crippen molar-refractivity contribution in [2.45, 2.75) is 31.7 Å². The summed E-state index contributed by atoms with van der Waals surface area (Å²) in [5.41, 5.74) is 6.68. The predicted octanol–water partition coefficient (Wildman–Crippen LogP) is 0.695. The second-order valence-corrected chi connectivity index (χ2v) is 7.03. The van der Waals surface area contributed by atoms with Gasteiger partial charge in [0.2, 0.25) is 0 Å². The van der Waals surface area contributed by atoms with Gasteiger partial charge in [-0.25, -0.2) is 8.42 Å². The fourth-order valence-electron chi connectivity index (χ4n) is 2.15. The number of hydrogen-bond donors (Lipinski definition) is 1. The Morgan fingerprint density at radius 2 is 2.41 bits per heavy atom. The van der Waals surface area contributed by atoms with Crippen LogP contribution in [0.4, 0.5) is 0 Å². The van der Waals surface area contributed by atoms with E-state index in [1.165, 1.54) is 0 Å². The van der Waals surface area contributed by atoms with Crippen molar-refractivity contribution in [1.29, 1.82) is 0 Å². The van der Waals surface area contributed by atoms with Crippen LogP contribution in [0.25, 0.3) is 0 Å². The summed E-state index contributed by atoms with van der Waals surface area (Å²) in [4.78, 5) is 0. The van der Waals surface area contributed by atoms with E-state index in [0.29, 0.717) is 12.3 Å². The molecule has 1 aliphatic rings. The van der Waals surface area contributed by atoms with E-state index in [1.54, 1.807) is 10.9 Å². The molecule has 1 aromatic rings. The molecule has 6 heteroatoms. The van der Waals surface area contributed by atoms with Gasteiger partial charge in [-0.3, -0.25) is 4.68 Å². The van der Waals surface area contributed by atoms with Crippen LogP contribution in [0.2, 0.25) is 0 Å². The van der Waals surface area contributed by atoms with Crippen LogP contribution in [0, 0.1) is 0 Å². The first-order chi connectivity index (χ1) is 8.02. The quantitative estimate of drug-likeness (QED) is 0.864. The zero-order valence-electron chi connectivity index (χ0n) is 10.0. The van der Waals surface area contributed by atoms with Crippen molar-refractivity contribution < 1.29 is 8.42 Å². The fraction of sp³-hybridized carbons (Fsp3) is 0.727. The summed E-state index contributed by atoms with van der Waals surface area (Å²) in [6.45, 7) is 2.62. The van der Waals surface area contributed by atoms with Crippen molar-refractivity contribution >= 4 is 9.84 Å². The maximum absolute atomic E-state index is 11.6. The van der Waals surface area contributed by atoms with E-state index in [0.717, 1.165) is 18.4 Å². The second-order valence-electron chi connectivity index (χ2n) is 4.80. The van der Waals surface area contributed by atoms with Gasteiger partial charge in [0.05, 0.1) is 23.7 Å². The SMILES string of the molecule is CC(CN)c1cnn(C2CCCS(=O)(=O)C2)c1. The Hall–Kier alpha value is -0.880. The maximum atomic E-state index is 11.6. The predicted molar refractivity (Wildman–Crippen MR) is 66.6 cm³/mol. The van der Waals surface area contributed by atoms with E-state index in [2.05, 4.69) is 5.10 Å². The summed E-state index contributed by atoms with van der Waals surface area (Å²) in [5.74, 6) is 0.797. The van der Waals surface area contributed by atoms with E-state index < -0.39 is 9.84 Å². The summed E-state index contributed by atoms with van der Waals surface area (Å²) in [6.07, 6.45) is 5.34. The van der Waals surface area contributed by atoms with Crippen LogP contribution >= 0.6 is 0 Å². The highest BCUT2D eigenvalue weighted by Crippen LogP contribution is 2.24. The van der Waals surface area contributed by atoms with E-state index in [-0.39, 0.29) is 17.7 Å². The van der Waals surface area contributed by atoms with Gasteiger partial charge in [-0.15, -0.1) is 0 Å². The largest absolute Gasteiger partial charge is 0.330 e. The van der Waals surface area contributed by atoms with Crippen LogP contribution in [-0.4, -0.2) is 36.2 Å². The first kappa shape index (κ1) is 12.6. The van der Waals surface area contributed by atoms with Crippen LogP contribution < -0.4 is 5.73 Å². The molecule has 17 heavy (non-hydrogen) atoms. The average Bonchev–Trinajstić information content (AvgIpc) is 2.76. The van der Waals surface area contributed by atoms with Crippen molar-refractivity contribution in [1.82, 2.24) is 9.78 Å².